The van der Waals surface area contributed by atoms with E-state index < -0.39 is 29.5 Å². The number of sulfone groups is 3. The highest BCUT2D eigenvalue weighted by Gasteiger charge is 2.37. The minimum atomic E-state index is -3.16. The van der Waals surface area contributed by atoms with Crippen LogP contribution in [-0.2, 0) is 131 Å². The number of morpholine rings is 6. The number of fused-ring (bicyclic) bond motifs is 6. The van der Waals surface area contributed by atoms with Crippen LogP contribution in [0.15, 0.2) is 48.5 Å². The Balaban J connectivity index is 0.000000127. The quantitative estimate of drug-likeness (QED) is 0.0547. The summed E-state index contributed by atoms with van der Waals surface area (Å²) in [6.07, 6.45) is 8.29. The second-order valence-electron chi connectivity index (χ2n) is 36.2. The SMILES string of the molecule is C[C@H]1COCCN1.C[C@H]1COCCN1.C[C@H]1COCCN1c1nc(-c2ccc(NC(=O)NC3CC3)cc2)nc2c1CS(=O)(=O)CC2.C[C@H]1COCCN1c1nc(-c2ccc(NC(=O)NC3CC3)cc2)nc2c1CSCC2.C[C@H]1COCCN1c1nc(Cl)nc2c1CS(=O)(=O)CC2.C[C@H]1COCCN1c1nc(Cl)nc2c1CSCC2.Clc1nc(Cl)c2c(n1)CCSC2.O=S1(=O)CCc2nc(Cl)nc(Cl)c2C1. The van der Waals surface area contributed by atoms with E-state index in [0.29, 0.717) is 151 Å². The van der Waals surface area contributed by atoms with Crippen LogP contribution in [-0.4, -0.2) is 299 Å². The summed E-state index contributed by atoms with van der Waals surface area (Å²) >= 11 is 40.7. The van der Waals surface area contributed by atoms with Gasteiger partial charge in [-0.3, -0.25) is 0 Å². The van der Waals surface area contributed by atoms with Gasteiger partial charge in [0, 0.05) is 156 Å². The molecule has 6 N–H and O–H groups in total. The van der Waals surface area contributed by atoms with Crippen molar-refractivity contribution in [2.75, 3.05) is 183 Å². The third kappa shape index (κ3) is 30.6. The average molecular weight is 2160 g/mol. The van der Waals surface area contributed by atoms with Gasteiger partial charge in [-0.1, -0.05) is 23.2 Å². The van der Waals surface area contributed by atoms with Crippen LogP contribution < -0.4 is 51.5 Å². The summed E-state index contributed by atoms with van der Waals surface area (Å²) in [5.41, 5.74) is 14.2. The smallest absolute Gasteiger partial charge is 0.319 e. The first-order chi connectivity index (χ1) is 67.3. The van der Waals surface area contributed by atoms with Crippen LogP contribution in [0.1, 0.15) is 135 Å². The molecular formula is C92H120Cl6N22O14S6. The topological polar surface area (TPSA) is 432 Å². The van der Waals surface area contributed by atoms with Crippen LogP contribution >= 0.6 is 105 Å². The molecule has 12 aliphatic heterocycles. The Bertz CT molecular complexity index is 5980. The normalized spacial score (nSPS) is 22.8. The van der Waals surface area contributed by atoms with E-state index in [0.717, 1.165) is 221 Å². The molecule has 0 spiro atoms. The number of rotatable bonds is 10. The molecule has 22 rings (SSSR count). The summed E-state index contributed by atoms with van der Waals surface area (Å²) in [5, 5.41) is 19.6. The molecule has 8 fully saturated rings. The number of aryl methyl sites for hydroxylation is 6. The van der Waals surface area contributed by atoms with Gasteiger partial charge in [-0.05, 0) is 199 Å². The van der Waals surface area contributed by atoms with Gasteiger partial charge in [-0.25, -0.2) is 94.7 Å². The van der Waals surface area contributed by atoms with E-state index in [9.17, 15) is 34.8 Å². The van der Waals surface area contributed by atoms with Crippen LogP contribution in [0.5, 0.6) is 0 Å². The van der Waals surface area contributed by atoms with Gasteiger partial charge in [-0.2, -0.15) is 35.3 Å². The Labute approximate surface area is 860 Å². The molecular weight excluding hydrogens is 2040 g/mol. The van der Waals surface area contributed by atoms with Crippen molar-refractivity contribution >= 4 is 181 Å². The Morgan fingerprint density at radius 3 is 1.01 bits per heavy atom. The van der Waals surface area contributed by atoms with Crippen LogP contribution in [0.3, 0.4) is 0 Å². The summed E-state index contributed by atoms with van der Waals surface area (Å²) in [6, 6.07) is 17.5. The largest absolute Gasteiger partial charge is 0.379 e. The Hall–Kier alpha value is -7.02. The molecule has 2 saturated carbocycles. The zero-order valence-electron chi connectivity index (χ0n) is 79.1. The monoisotopic (exact) mass is 2160 g/mol. The molecule has 4 amide bonds. The molecule has 36 nitrogen and oxygen atoms in total. The van der Waals surface area contributed by atoms with Crippen molar-refractivity contribution in [1.29, 1.82) is 0 Å². The highest BCUT2D eigenvalue weighted by molar-refractivity contribution is 7.99. The molecule has 0 unspecified atom stereocenters. The minimum Gasteiger partial charge on any atom is -0.379 e. The number of carbonyl (C=O) groups is 2. The molecule has 0 radical (unpaired) electrons. The Morgan fingerprint density at radius 2 is 0.657 bits per heavy atom. The van der Waals surface area contributed by atoms with Crippen molar-refractivity contribution in [3.05, 3.63) is 148 Å². The highest BCUT2D eigenvalue weighted by Crippen LogP contribution is 2.40. The molecule has 2 aliphatic carbocycles. The lowest BCUT2D eigenvalue weighted by atomic mass is 10.1. The molecule has 0 bridgehead atoms. The molecule has 760 valence electrons. The zero-order valence-corrected chi connectivity index (χ0v) is 88.5. The van der Waals surface area contributed by atoms with Crippen LogP contribution in [0.2, 0.25) is 31.4 Å². The minimum absolute atomic E-state index is 0.00108. The standard InChI is InChI=1S/C22H27N5O4S.C22H27N5O2S.C12H16ClN3O3S.C12H16ClN3OS.C7H6Cl2N2O2S.C7H6Cl2N2S.2C5H11NO/c1-14-12-31-10-9-27(14)21-18-13-32(29,30)11-8-19(18)25-20(26-21)15-2-4-16(5-3-15)23-22(28)24-17-6-7-17;1-14-12-29-10-9-27(14)21-18-13-30-11-8-19(18)25-20(26-21)15-2-4-16(5-3-15)23-22(28)24-17-6-7-17;1-8-6-19-4-3-16(8)11-9-7-20(17,18)5-2-10(9)14-12(13)15-11;1-8-6-17-4-3-16(8)11-9-7-18-5-2-10(9)14-12(13)15-11;8-6-4-3-14(12,13)2-1-5(4)10-7(9)11-6;8-6-4-3-12-2-1-5(4)10-7(9)11-6;2*1-5-4-7-3-2-6-5/h2-5,14,17H,6-13H2,1H3,(H2,23,24,28);2-5,14,17H,6-13H2,1H3,(H2,23,24,28);8H,2-7H2,1H3;8H,2-7H2,1H3;1-3H2;1-3H2;2*5-6H,2-4H2,1H3/t2*14-;2*8-;;;2*5-/m0000..00/s1. The van der Waals surface area contributed by atoms with Crippen molar-refractivity contribution in [1.82, 2.24) is 81.1 Å². The fourth-order valence-corrected chi connectivity index (χ4v) is 25.7. The van der Waals surface area contributed by atoms with Gasteiger partial charge in [0.05, 0.1) is 172 Å². The number of aromatic nitrogens is 12. The van der Waals surface area contributed by atoms with E-state index in [4.69, 9.17) is 118 Å². The fraction of sp³-hybridized carbons (Fsp3) is 0.587. The predicted octanol–water partition coefficient (Wildman–Crippen LogP) is 12.4. The summed E-state index contributed by atoms with van der Waals surface area (Å²) in [5.74, 6) is 11.1. The first kappa shape index (κ1) is 107. The molecule has 6 atom stereocenters. The lowest BCUT2D eigenvalue weighted by Crippen LogP contribution is -2.45. The van der Waals surface area contributed by atoms with E-state index in [1.807, 2.05) is 90.7 Å². The second kappa shape index (κ2) is 50.4. The van der Waals surface area contributed by atoms with Crippen LogP contribution in [0.4, 0.5) is 44.2 Å². The number of ether oxygens (including phenoxy) is 6. The van der Waals surface area contributed by atoms with E-state index in [-0.39, 0.29) is 79.7 Å². The lowest BCUT2D eigenvalue weighted by molar-refractivity contribution is 0.0824. The molecule has 18 heterocycles. The zero-order chi connectivity index (χ0) is 98.8. The van der Waals surface area contributed by atoms with Gasteiger partial charge in [0.15, 0.2) is 41.2 Å². The maximum atomic E-state index is 12.3. The number of urea groups is 2. The number of hydrogen-bond acceptors (Lipinski definition) is 35. The van der Waals surface area contributed by atoms with Crippen LogP contribution in [0.25, 0.3) is 22.8 Å². The average Bonchev–Trinajstić information content (AvgIpc) is 1.26. The summed E-state index contributed by atoms with van der Waals surface area (Å²) in [4.78, 5) is 85.3. The maximum absolute atomic E-state index is 12.3. The van der Waals surface area contributed by atoms with E-state index in [2.05, 4.69) is 126 Å². The van der Waals surface area contributed by atoms with Gasteiger partial charge >= 0.3 is 12.1 Å². The van der Waals surface area contributed by atoms with Gasteiger partial charge in [0.1, 0.15) is 33.6 Å². The molecule has 140 heavy (non-hydrogen) atoms. The highest BCUT2D eigenvalue weighted by atomic mass is 35.5. The summed E-state index contributed by atoms with van der Waals surface area (Å²) in [7, 11) is -9.27. The lowest BCUT2D eigenvalue weighted by Gasteiger charge is -2.36. The van der Waals surface area contributed by atoms with Crippen molar-refractivity contribution in [2.24, 2.45) is 0 Å². The molecule has 14 aliphatic rings. The van der Waals surface area contributed by atoms with Gasteiger partial charge in [0.25, 0.3) is 0 Å². The number of thioether (sulfide) groups is 3. The maximum Gasteiger partial charge on any atom is 0.319 e. The molecule has 8 aromatic rings. The molecule has 48 heteroatoms. The Morgan fingerprint density at radius 1 is 0.357 bits per heavy atom. The van der Waals surface area contributed by atoms with E-state index >= 15 is 0 Å². The fourth-order valence-electron chi connectivity index (χ4n) is 17.1. The summed E-state index contributed by atoms with van der Waals surface area (Å²) in [6.45, 7) is 26.6. The van der Waals surface area contributed by atoms with Crippen LogP contribution in [0, 0.1) is 0 Å². The number of nitrogens with zero attached hydrogens (tertiary/aromatic N) is 16. The molecule has 2 aromatic carbocycles. The second-order valence-corrected chi connectivity index (χ2v) is 48.1. The third-order valence-corrected chi connectivity index (χ3v) is 33.8. The number of nitrogens with one attached hydrogen (secondary N) is 6. The number of anilines is 6. The summed E-state index contributed by atoms with van der Waals surface area (Å²) < 4.78 is 103. The van der Waals surface area contributed by atoms with Gasteiger partial charge in [0.2, 0.25) is 21.1 Å². The number of hydrogen-bond donors (Lipinski definition) is 6. The number of benzene rings is 2. The first-order valence-electron chi connectivity index (χ1n) is 47.3. The first-order valence-corrected chi connectivity index (χ1v) is 58.5. The number of carbonyl (C=O) groups excluding carboxylic acids is 2. The van der Waals surface area contributed by atoms with Gasteiger partial charge in [-0.15, -0.1) is 0 Å². The third-order valence-electron chi connectivity index (χ3n) is 24.9. The predicted molar refractivity (Wildman–Crippen MR) is 554 cm³/mol. The van der Waals surface area contributed by atoms with Crippen molar-refractivity contribution in [2.45, 2.75) is 189 Å². The van der Waals surface area contributed by atoms with Crippen molar-refractivity contribution in [3.8, 4) is 22.8 Å². The number of halogens is 6. The van der Waals surface area contributed by atoms with Gasteiger partial charge < -0.3 is 79.9 Å². The van der Waals surface area contributed by atoms with Crippen molar-refractivity contribution in [3.63, 3.8) is 0 Å². The van der Waals surface area contributed by atoms with Crippen molar-refractivity contribution < 1.29 is 63.3 Å². The molecule has 6 aromatic heterocycles. The number of amides is 4. The Kier molecular flexibility index (Phi) is 38.6. The van der Waals surface area contributed by atoms with E-state index in [1.165, 1.54) is 16.8 Å². The van der Waals surface area contributed by atoms with E-state index in [1.54, 1.807) is 0 Å². The molecule has 6 saturated heterocycles.